The van der Waals surface area contributed by atoms with Crippen LogP contribution < -0.4 is 5.32 Å². The minimum absolute atomic E-state index is 0.0262. The largest absolute Gasteiger partial charge is 0.478 e. The molecule has 0 bridgehead atoms. The highest BCUT2D eigenvalue weighted by molar-refractivity contribution is 6.38. The summed E-state index contributed by atoms with van der Waals surface area (Å²) in [7, 11) is 0. The minimum Gasteiger partial charge on any atom is -0.478 e. The second-order valence-corrected chi connectivity index (χ2v) is 6.50. The third-order valence-corrected chi connectivity index (χ3v) is 4.33. The molecular formula is C18H10Cl3NO4. The summed E-state index contributed by atoms with van der Waals surface area (Å²) in [4.78, 5) is 23.5. The standard InChI is InChI=1S/C18H10Cl3NO4/c19-10-3-1-2-9(6-10)15-4-5-16(26-15)17(23)22-14-7-11(18(24)25)12(20)8-13(14)21/h1-8H,(H,22,23)(H,24,25). The molecule has 1 amide bonds. The molecule has 132 valence electrons. The number of carboxylic acid groups (broad SMARTS) is 1. The van der Waals surface area contributed by atoms with Crippen LogP contribution in [0.2, 0.25) is 15.1 Å². The third kappa shape index (κ3) is 3.85. The van der Waals surface area contributed by atoms with E-state index >= 15 is 0 Å². The van der Waals surface area contributed by atoms with Crippen molar-refractivity contribution in [3.8, 4) is 11.3 Å². The second-order valence-electron chi connectivity index (χ2n) is 5.25. The van der Waals surface area contributed by atoms with Gasteiger partial charge in [0.25, 0.3) is 5.91 Å². The maximum absolute atomic E-state index is 12.4. The summed E-state index contributed by atoms with van der Waals surface area (Å²) in [5.41, 5.74) is 0.652. The molecule has 0 saturated carbocycles. The van der Waals surface area contributed by atoms with Gasteiger partial charge in [-0.05, 0) is 36.4 Å². The SMILES string of the molecule is O=C(Nc1cc(C(=O)O)c(Cl)cc1Cl)c1ccc(-c2cccc(Cl)c2)o1. The van der Waals surface area contributed by atoms with Gasteiger partial charge in [-0.3, -0.25) is 4.79 Å². The number of aromatic carboxylic acids is 1. The molecular weight excluding hydrogens is 401 g/mol. The number of amides is 1. The molecule has 0 aliphatic heterocycles. The number of nitrogens with one attached hydrogen (secondary N) is 1. The van der Waals surface area contributed by atoms with E-state index in [4.69, 9.17) is 44.3 Å². The van der Waals surface area contributed by atoms with E-state index in [9.17, 15) is 9.59 Å². The molecule has 0 atom stereocenters. The number of rotatable bonds is 4. The van der Waals surface area contributed by atoms with E-state index < -0.39 is 11.9 Å². The van der Waals surface area contributed by atoms with Crippen molar-refractivity contribution in [2.75, 3.05) is 5.32 Å². The van der Waals surface area contributed by atoms with E-state index in [1.807, 2.05) is 0 Å². The first-order valence-electron chi connectivity index (χ1n) is 7.24. The Balaban J connectivity index is 1.85. The lowest BCUT2D eigenvalue weighted by atomic mass is 10.2. The summed E-state index contributed by atoms with van der Waals surface area (Å²) >= 11 is 17.8. The lowest BCUT2D eigenvalue weighted by Gasteiger charge is -2.08. The van der Waals surface area contributed by atoms with Gasteiger partial charge in [0.05, 0.1) is 21.3 Å². The first-order chi connectivity index (χ1) is 12.3. The molecule has 8 heteroatoms. The number of hydrogen-bond acceptors (Lipinski definition) is 3. The molecule has 2 N–H and O–H groups in total. The van der Waals surface area contributed by atoms with E-state index in [-0.39, 0.29) is 27.1 Å². The Hall–Kier alpha value is -2.47. The van der Waals surface area contributed by atoms with Crippen LogP contribution in [-0.4, -0.2) is 17.0 Å². The maximum atomic E-state index is 12.4. The van der Waals surface area contributed by atoms with Crippen LogP contribution in [0.1, 0.15) is 20.9 Å². The number of carboxylic acids is 1. The van der Waals surface area contributed by atoms with Crippen molar-refractivity contribution in [2.24, 2.45) is 0 Å². The van der Waals surface area contributed by atoms with Crippen molar-refractivity contribution in [1.82, 2.24) is 0 Å². The zero-order valence-electron chi connectivity index (χ0n) is 12.9. The smallest absolute Gasteiger partial charge is 0.337 e. The van der Waals surface area contributed by atoms with E-state index in [2.05, 4.69) is 5.32 Å². The van der Waals surface area contributed by atoms with E-state index in [0.717, 1.165) is 0 Å². The van der Waals surface area contributed by atoms with Gasteiger partial charge in [0.15, 0.2) is 5.76 Å². The predicted molar refractivity (Wildman–Crippen MR) is 101 cm³/mol. The van der Waals surface area contributed by atoms with Gasteiger partial charge in [-0.15, -0.1) is 0 Å². The van der Waals surface area contributed by atoms with Crippen molar-refractivity contribution in [1.29, 1.82) is 0 Å². The molecule has 2 aromatic carbocycles. The van der Waals surface area contributed by atoms with Gasteiger partial charge in [0.1, 0.15) is 5.76 Å². The van der Waals surface area contributed by atoms with Crippen LogP contribution in [0, 0.1) is 0 Å². The van der Waals surface area contributed by atoms with E-state index in [1.54, 1.807) is 30.3 Å². The van der Waals surface area contributed by atoms with Crippen LogP contribution in [0.5, 0.6) is 0 Å². The van der Waals surface area contributed by atoms with Gasteiger partial charge >= 0.3 is 5.97 Å². The molecule has 0 aliphatic rings. The zero-order chi connectivity index (χ0) is 18.8. The summed E-state index contributed by atoms with van der Waals surface area (Å²) in [5, 5.41) is 12.2. The molecule has 0 spiro atoms. The van der Waals surface area contributed by atoms with Crippen LogP contribution in [0.3, 0.4) is 0 Å². The Labute approximate surface area is 163 Å². The minimum atomic E-state index is -1.23. The molecule has 5 nitrogen and oxygen atoms in total. The number of furan rings is 1. The summed E-state index contributed by atoms with van der Waals surface area (Å²) in [6.07, 6.45) is 0. The summed E-state index contributed by atoms with van der Waals surface area (Å²) in [6.45, 7) is 0. The highest BCUT2D eigenvalue weighted by Gasteiger charge is 2.17. The van der Waals surface area contributed by atoms with Crippen LogP contribution in [0.15, 0.2) is 52.9 Å². The Bertz CT molecular complexity index is 1010. The molecule has 26 heavy (non-hydrogen) atoms. The number of halogens is 3. The summed E-state index contributed by atoms with van der Waals surface area (Å²) in [5.74, 6) is -1.32. The number of hydrogen-bond donors (Lipinski definition) is 2. The number of benzene rings is 2. The Kier molecular flexibility index (Phi) is 5.23. The lowest BCUT2D eigenvalue weighted by Crippen LogP contribution is -2.12. The highest BCUT2D eigenvalue weighted by Crippen LogP contribution is 2.30. The van der Waals surface area contributed by atoms with Crippen LogP contribution in [-0.2, 0) is 0 Å². The molecule has 1 aromatic heterocycles. The average Bonchev–Trinajstić information content (AvgIpc) is 3.07. The van der Waals surface area contributed by atoms with Crippen molar-refractivity contribution >= 4 is 52.4 Å². The Morgan fingerprint density at radius 3 is 2.42 bits per heavy atom. The van der Waals surface area contributed by atoms with Crippen LogP contribution in [0.4, 0.5) is 5.69 Å². The fourth-order valence-corrected chi connectivity index (χ4v) is 2.95. The third-order valence-electron chi connectivity index (χ3n) is 3.47. The fourth-order valence-electron chi connectivity index (χ4n) is 2.25. The van der Waals surface area contributed by atoms with Gasteiger partial charge in [-0.25, -0.2) is 4.79 Å². The van der Waals surface area contributed by atoms with Crippen molar-refractivity contribution < 1.29 is 19.1 Å². The zero-order valence-corrected chi connectivity index (χ0v) is 15.2. The molecule has 0 unspecified atom stereocenters. The van der Waals surface area contributed by atoms with E-state index in [0.29, 0.717) is 16.3 Å². The van der Waals surface area contributed by atoms with Crippen LogP contribution in [0.25, 0.3) is 11.3 Å². The fraction of sp³-hybridized carbons (Fsp3) is 0. The summed E-state index contributed by atoms with van der Waals surface area (Å²) in [6, 6.07) is 12.6. The van der Waals surface area contributed by atoms with Crippen LogP contribution >= 0.6 is 34.8 Å². The second kappa shape index (κ2) is 7.41. The van der Waals surface area contributed by atoms with Gasteiger partial charge < -0.3 is 14.8 Å². The summed E-state index contributed by atoms with van der Waals surface area (Å²) < 4.78 is 5.54. The molecule has 3 aromatic rings. The molecule has 0 radical (unpaired) electrons. The molecule has 3 rings (SSSR count). The van der Waals surface area contributed by atoms with Gasteiger partial charge in [-0.1, -0.05) is 46.9 Å². The molecule has 0 fully saturated rings. The van der Waals surface area contributed by atoms with Crippen molar-refractivity contribution in [2.45, 2.75) is 0 Å². The first kappa shape index (κ1) is 18.3. The van der Waals surface area contributed by atoms with Crippen molar-refractivity contribution in [3.05, 3.63) is 74.9 Å². The quantitative estimate of drug-likeness (QED) is 0.565. The topological polar surface area (TPSA) is 79.5 Å². The van der Waals surface area contributed by atoms with E-state index in [1.165, 1.54) is 18.2 Å². The normalized spacial score (nSPS) is 10.6. The van der Waals surface area contributed by atoms with Crippen molar-refractivity contribution in [3.63, 3.8) is 0 Å². The number of carbonyl (C=O) groups excluding carboxylic acids is 1. The Morgan fingerprint density at radius 1 is 0.962 bits per heavy atom. The van der Waals surface area contributed by atoms with Gasteiger partial charge in [0, 0.05) is 10.6 Å². The lowest BCUT2D eigenvalue weighted by molar-refractivity contribution is 0.0696. The predicted octanol–water partition coefficient (Wildman–Crippen LogP) is 5.86. The number of anilines is 1. The average molecular weight is 411 g/mol. The molecule has 0 aliphatic carbocycles. The highest BCUT2D eigenvalue weighted by atomic mass is 35.5. The number of carbonyl (C=O) groups is 2. The Morgan fingerprint density at radius 2 is 1.73 bits per heavy atom. The first-order valence-corrected chi connectivity index (χ1v) is 8.38. The molecule has 1 heterocycles. The van der Waals surface area contributed by atoms with Gasteiger partial charge in [0.2, 0.25) is 0 Å². The maximum Gasteiger partial charge on any atom is 0.337 e. The monoisotopic (exact) mass is 409 g/mol. The molecule has 0 saturated heterocycles. The van der Waals surface area contributed by atoms with Gasteiger partial charge in [-0.2, -0.15) is 0 Å².